The number of carbonyl (C=O) groups excluding carboxylic acids is 1. The van der Waals surface area contributed by atoms with E-state index in [9.17, 15) is 13.2 Å². The molecule has 128 valence electrons. The van der Waals surface area contributed by atoms with Crippen molar-refractivity contribution in [3.63, 3.8) is 0 Å². The van der Waals surface area contributed by atoms with Gasteiger partial charge in [0.25, 0.3) is 15.9 Å². The number of hydrogen-bond donors (Lipinski definition) is 2. The number of hydrogen-bond acceptors (Lipinski definition) is 3. The van der Waals surface area contributed by atoms with Crippen LogP contribution in [0.4, 0.5) is 5.69 Å². The second kappa shape index (κ2) is 7.68. The number of sulfonamides is 1. The number of amides is 1. The first-order chi connectivity index (χ1) is 11.3. The summed E-state index contributed by atoms with van der Waals surface area (Å²) in [4.78, 5) is 12.0. The van der Waals surface area contributed by atoms with Crippen LogP contribution in [0, 0.1) is 6.92 Å². The smallest absolute Gasteiger partial charge is 0.261 e. The van der Waals surface area contributed by atoms with Crippen molar-refractivity contribution in [1.29, 1.82) is 0 Å². The van der Waals surface area contributed by atoms with E-state index in [-0.39, 0.29) is 10.8 Å². The number of rotatable bonds is 6. The van der Waals surface area contributed by atoms with Crippen molar-refractivity contribution in [3.8, 4) is 0 Å². The van der Waals surface area contributed by atoms with E-state index in [0.29, 0.717) is 28.4 Å². The molecule has 0 bridgehead atoms. The molecule has 7 heteroatoms. The Balaban J connectivity index is 2.29. The maximum atomic E-state index is 12.6. The second-order valence-electron chi connectivity index (χ2n) is 5.30. The predicted molar refractivity (Wildman–Crippen MR) is 96.1 cm³/mol. The highest BCUT2D eigenvalue weighted by molar-refractivity contribution is 7.92. The van der Waals surface area contributed by atoms with Crippen molar-refractivity contribution < 1.29 is 13.2 Å². The van der Waals surface area contributed by atoms with Crippen LogP contribution in [0.5, 0.6) is 0 Å². The van der Waals surface area contributed by atoms with Crippen molar-refractivity contribution in [3.05, 3.63) is 58.6 Å². The van der Waals surface area contributed by atoms with E-state index in [1.807, 2.05) is 6.92 Å². The molecule has 0 atom stereocenters. The van der Waals surface area contributed by atoms with E-state index in [1.54, 1.807) is 37.3 Å². The lowest BCUT2D eigenvalue weighted by Crippen LogP contribution is -2.24. The van der Waals surface area contributed by atoms with Crippen molar-refractivity contribution in [2.75, 3.05) is 11.3 Å². The molecule has 2 N–H and O–H groups in total. The first kappa shape index (κ1) is 18.3. The standard InChI is InChI=1S/C17H19ClN2O3S/c1-3-10-19-17(21)13-6-4-7-14(11-13)24(22,23)20-16-9-5-8-15(18)12(16)2/h4-9,11,20H,3,10H2,1-2H3,(H,19,21). The molecule has 0 saturated heterocycles. The topological polar surface area (TPSA) is 75.3 Å². The molecule has 0 fully saturated rings. The first-order valence-corrected chi connectivity index (χ1v) is 9.37. The molecule has 2 aromatic rings. The van der Waals surface area contributed by atoms with Crippen LogP contribution in [-0.2, 0) is 10.0 Å². The van der Waals surface area contributed by atoms with Gasteiger partial charge in [-0.1, -0.05) is 30.7 Å². The molecule has 0 aliphatic carbocycles. The summed E-state index contributed by atoms with van der Waals surface area (Å²) in [5.74, 6) is -0.298. The van der Waals surface area contributed by atoms with Gasteiger partial charge in [-0.25, -0.2) is 8.42 Å². The SMILES string of the molecule is CCCNC(=O)c1cccc(S(=O)(=O)Nc2cccc(Cl)c2C)c1. The van der Waals surface area contributed by atoms with Gasteiger partial charge in [0.15, 0.2) is 0 Å². The molecule has 2 rings (SSSR count). The Hall–Kier alpha value is -2.05. The molecule has 0 saturated carbocycles. The van der Waals surface area contributed by atoms with Crippen LogP contribution in [0.2, 0.25) is 5.02 Å². The lowest BCUT2D eigenvalue weighted by molar-refractivity contribution is 0.0953. The van der Waals surface area contributed by atoms with Gasteiger partial charge in [-0.3, -0.25) is 9.52 Å². The Labute approximate surface area is 147 Å². The highest BCUT2D eigenvalue weighted by atomic mass is 35.5. The Morgan fingerprint density at radius 2 is 1.88 bits per heavy atom. The summed E-state index contributed by atoms with van der Waals surface area (Å²) < 4.78 is 27.6. The lowest BCUT2D eigenvalue weighted by Gasteiger charge is -2.12. The zero-order chi connectivity index (χ0) is 17.7. The Morgan fingerprint density at radius 1 is 1.17 bits per heavy atom. The molecule has 2 aromatic carbocycles. The van der Waals surface area contributed by atoms with E-state index in [1.165, 1.54) is 12.1 Å². The molecule has 0 heterocycles. The van der Waals surface area contributed by atoms with E-state index in [4.69, 9.17) is 11.6 Å². The van der Waals surface area contributed by atoms with Gasteiger partial charge in [-0.05, 0) is 49.2 Å². The van der Waals surface area contributed by atoms with Crippen LogP contribution in [0.1, 0.15) is 29.3 Å². The van der Waals surface area contributed by atoms with Crippen LogP contribution in [0.15, 0.2) is 47.4 Å². The molecule has 0 radical (unpaired) electrons. The molecule has 1 amide bonds. The third kappa shape index (κ3) is 4.27. The quantitative estimate of drug-likeness (QED) is 0.820. The van der Waals surface area contributed by atoms with Gasteiger partial charge in [-0.15, -0.1) is 0 Å². The molecule has 5 nitrogen and oxygen atoms in total. The average Bonchev–Trinajstić information content (AvgIpc) is 2.57. The van der Waals surface area contributed by atoms with Crippen molar-refractivity contribution in [1.82, 2.24) is 5.32 Å². The average molecular weight is 367 g/mol. The number of nitrogens with one attached hydrogen (secondary N) is 2. The minimum absolute atomic E-state index is 0.0195. The molecule has 0 aliphatic rings. The lowest BCUT2D eigenvalue weighted by atomic mass is 10.2. The third-order valence-electron chi connectivity index (χ3n) is 3.45. The van der Waals surface area contributed by atoms with E-state index >= 15 is 0 Å². The minimum atomic E-state index is -3.82. The predicted octanol–water partition coefficient (Wildman–Crippen LogP) is 3.59. The molecule has 0 spiro atoms. The number of anilines is 1. The first-order valence-electron chi connectivity index (χ1n) is 7.51. The van der Waals surface area contributed by atoms with Crippen LogP contribution >= 0.6 is 11.6 Å². The molecule has 0 aliphatic heterocycles. The van der Waals surface area contributed by atoms with Gasteiger partial charge in [-0.2, -0.15) is 0 Å². The summed E-state index contributed by atoms with van der Waals surface area (Å²) in [7, 11) is -3.82. The molecular formula is C17H19ClN2O3S. The summed E-state index contributed by atoms with van der Waals surface area (Å²) in [6, 6.07) is 10.9. The molecular weight excluding hydrogens is 348 g/mol. The fourth-order valence-corrected chi connectivity index (χ4v) is 3.41. The van der Waals surface area contributed by atoms with E-state index in [0.717, 1.165) is 6.42 Å². The summed E-state index contributed by atoms with van der Waals surface area (Å²) >= 11 is 6.02. The maximum Gasteiger partial charge on any atom is 0.261 e. The normalized spacial score (nSPS) is 11.1. The number of benzene rings is 2. The van der Waals surface area contributed by atoms with Gasteiger partial charge in [0, 0.05) is 17.1 Å². The van der Waals surface area contributed by atoms with Crippen LogP contribution in [-0.4, -0.2) is 20.9 Å². The van der Waals surface area contributed by atoms with E-state index < -0.39 is 10.0 Å². The number of carbonyl (C=O) groups is 1. The zero-order valence-electron chi connectivity index (χ0n) is 13.5. The summed E-state index contributed by atoms with van der Waals surface area (Å²) in [5, 5.41) is 3.20. The maximum absolute atomic E-state index is 12.6. The minimum Gasteiger partial charge on any atom is -0.352 e. The molecule has 0 aromatic heterocycles. The van der Waals surface area contributed by atoms with Gasteiger partial charge < -0.3 is 5.32 Å². The highest BCUT2D eigenvalue weighted by Crippen LogP contribution is 2.25. The van der Waals surface area contributed by atoms with Gasteiger partial charge in [0.1, 0.15) is 0 Å². The fourth-order valence-electron chi connectivity index (χ4n) is 2.07. The van der Waals surface area contributed by atoms with Crippen molar-refractivity contribution in [2.45, 2.75) is 25.2 Å². The van der Waals surface area contributed by atoms with Crippen LogP contribution in [0.25, 0.3) is 0 Å². The summed E-state index contributed by atoms with van der Waals surface area (Å²) in [6.45, 7) is 4.21. The summed E-state index contributed by atoms with van der Waals surface area (Å²) in [6.07, 6.45) is 0.805. The monoisotopic (exact) mass is 366 g/mol. The second-order valence-corrected chi connectivity index (χ2v) is 7.39. The van der Waals surface area contributed by atoms with Gasteiger partial charge in [0.05, 0.1) is 10.6 Å². The molecule has 0 unspecified atom stereocenters. The van der Waals surface area contributed by atoms with Crippen LogP contribution < -0.4 is 10.0 Å². The largest absolute Gasteiger partial charge is 0.352 e. The molecule has 24 heavy (non-hydrogen) atoms. The highest BCUT2D eigenvalue weighted by Gasteiger charge is 2.17. The van der Waals surface area contributed by atoms with Crippen molar-refractivity contribution in [2.24, 2.45) is 0 Å². The van der Waals surface area contributed by atoms with E-state index in [2.05, 4.69) is 10.0 Å². The van der Waals surface area contributed by atoms with Gasteiger partial charge in [0.2, 0.25) is 0 Å². The number of halogens is 1. The van der Waals surface area contributed by atoms with Gasteiger partial charge >= 0.3 is 0 Å². The fraction of sp³-hybridized carbons (Fsp3) is 0.235. The Bertz CT molecular complexity index is 851. The van der Waals surface area contributed by atoms with Crippen molar-refractivity contribution >= 4 is 33.2 Å². The Kier molecular flexibility index (Phi) is 5.85. The third-order valence-corrected chi connectivity index (χ3v) is 5.23. The Morgan fingerprint density at radius 3 is 2.58 bits per heavy atom. The summed E-state index contributed by atoms with van der Waals surface area (Å²) in [5.41, 5.74) is 1.34. The zero-order valence-corrected chi connectivity index (χ0v) is 15.0. The van der Waals surface area contributed by atoms with Crippen LogP contribution in [0.3, 0.4) is 0 Å².